The highest BCUT2D eigenvalue weighted by molar-refractivity contribution is 6.07. The van der Waals surface area contributed by atoms with Gasteiger partial charge in [0.1, 0.15) is 23.6 Å². The molecule has 0 bridgehead atoms. The summed E-state index contributed by atoms with van der Waals surface area (Å²) in [6, 6.07) is 10.4. The molecule has 8 nitrogen and oxygen atoms in total. The lowest BCUT2D eigenvalue weighted by molar-refractivity contribution is 0.427. The molecule has 174 valence electrons. The third-order valence-electron chi connectivity index (χ3n) is 6.67. The first-order chi connectivity index (χ1) is 16.6. The van der Waals surface area contributed by atoms with Crippen molar-refractivity contribution in [1.29, 1.82) is 0 Å². The van der Waals surface area contributed by atoms with Crippen molar-refractivity contribution >= 4 is 22.7 Å². The number of aryl methyl sites for hydroxylation is 1. The van der Waals surface area contributed by atoms with Crippen molar-refractivity contribution in [1.82, 2.24) is 24.8 Å². The van der Waals surface area contributed by atoms with Crippen LogP contribution in [0.5, 0.6) is 11.6 Å². The van der Waals surface area contributed by atoms with Gasteiger partial charge in [-0.3, -0.25) is 0 Å². The molecule has 0 unspecified atom stereocenters. The summed E-state index contributed by atoms with van der Waals surface area (Å²) in [5, 5.41) is 4.21. The molecule has 3 aromatic heterocycles. The number of nitrogens with two attached hydrogens (primary N) is 1. The maximum Gasteiger partial charge on any atom is 0.219 e. The summed E-state index contributed by atoms with van der Waals surface area (Å²) in [5.74, 6) is 2.02. The van der Waals surface area contributed by atoms with Crippen LogP contribution in [0.3, 0.4) is 0 Å². The molecule has 1 atom stereocenters. The lowest BCUT2D eigenvalue weighted by Gasteiger charge is -2.23. The second kappa shape index (κ2) is 8.25. The predicted molar refractivity (Wildman–Crippen MR) is 130 cm³/mol. The number of nitrogens with one attached hydrogen (secondary N) is 1. The Kier molecular flexibility index (Phi) is 5.06. The molecule has 0 amide bonds. The number of nitrogens with zero attached hydrogens (tertiary/aromatic N) is 5. The Hall–Kier alpha value is -3.72. The molecule has 1 fully saturated rings. The van der Waals surface area contributed by atoms with Gasteiger partial charge < -0.3 is 25.3 Å². The molecule has 6 rings (SSSR count). The monoisotopic (exact) mass is 459 g/mol. The van der Waals surface area contributed by atoms with E-state index in [1.807, 2.05) is 25.1 Å². The third kappa shape index (κ3) is 3.52. The van der Waals surface area contributed by atoms with Gasteiger partial charge in [0, 0.05) is 37.0 Å². The fourth-order valence-electron chi connectivity index (χ4n) is 5.11. The Morgan fingerprint density at radius 1 is 1.21 bits per heavy atom. The number of hydrogen-bond donors (Lipinski definition) is 2. The average molecular weight is 460 g/mol. The first-order valence-electron chi connectivity index (χ1n) is 11.6. The summed E-state index contributed by atoms with van der Waals surface area (Å²) >= 11 is 0. The van der Waals surface area contributed by atoms with E-state index in [0.717, 1.165) is 72.8 Å². The molecule has 5 heterocycles. The number of pyridine rings is 1. The van der Waals surface area contributed by atoms with Crippen molar-refractivity contribution in [3.8, 4) is 22.8 Å². The van der Waals surface area contributed by atoms with Crippen LogP contribution in [0.25, 0.3) is 22.2 Å². The number of hydrogen-bond acceptors (Lipinski definition) is 7. The van der Waals surface area contributed by atoms with Crippen molar-refractivity contribution in [3.05, 3.63) is 54.2 Å². The smallest absolute Gasteiger partial charge is 0.219 e. The first-order valence-corrected chi connectivity index (χ1v) is 11.6. The zero-order valence-electron chi connectivity index (χ0n) is 19.0. The van der Waals surface area contributed by atoms with Crippen LogP contribution in [0.4, 0.5) is 16.0 Å². The molecule has 0 saturated carbocycles. The summed E-state index contributed by atoms with van der Waals surface area (Å²) in [7, 11) is 0. The van der Waals surface area contributed by atoms with E-state index >= 15 is 4.39 Å². The van der Waals surface area contributed by atoms with Crippen LogP contribution in [-0.4, -0.2) is 45.7 Å². The maximum absolute atomic E-state index is 15.3. The summed E-state index contributed by atoms with van der Waals surface area (Å²) in [4.78, 5) is 15.5. The Balaban J connectivity index is 1.43. The quantitative estimate of drug-likeness (QED) is 0.469. The van der Waals surface area contributed by atoms with E-state index in [1.54, 1.807) is 12.1 Å². The minimum absolute atomic E-state index is 0.125. The molecule has 34 heavy (non-hydrogen) atoms. The van der Waals surface area contributed by atoms with Crippen LogP contribution in [0.2, 0.25) is 0 Å². The summed E-state index contributed by atoms with van der Waals surface area (Å²) in [6.45, 7) is 6.57. The van der Waals surface area contributed by atoms with E-state index in [4.69, 9.17) is 10.5 Å². The van der Waals surface area contributed by atoms with Gasteiger partial charge in [0.25, 0.3) is 0 Å². The molecule has 0 radical (unpaired) electrons. The van der Waals surface area contributed by atoms with Gasteiger partial charge in [0.2, 0.25) is 5.88 Å². The van der Waals surface area contributed by atoms with Crippen LogP contribution < -0.4 is 20.7 Å². The molecule has 1 aromatic carbocycles. The number of halogens is 1. The molecule has 0 aliphatic carbocycles. The molecule has 9 heteroatoms. The van der Waals surface area contributed by atoms with Crippen molar-refractivity contribution in [2.24, 2.45) is 5.92 Å². The summed E-state index contributed by atoms with van der Waals surface area (Å²) in [5.41, 5.74) is 9.51. The first kappa shape index (κ1) is 20.9. The van der Waals surface area contributed by atoms with Gasteiger partial charge in [-0.2, -0.15) is 0 Å². The highest BCUT2D eigenvalue weighted by atomic mass is 19.1. The fourth-order valence-corrected chi connectivity index (χ4v) is 5.11. The maximum atomic E-state index is 15.3. The molecule has 4 aromatic rings. The lowest BCUT2D eigenvalue weighted by Crippen LogP contribution is -2.29. The number of aromatic nitrogens is 4. The minimum Gasteiger partial charge on any atom is -0.436 e. The Bertz CT molecular complexity index is 1380. The highest BCUT2D eigenvalue weighted by Gasteiger charge is 2.32. The molecular formula is C25H26FN7O. The number of rotatable bonds is 5. The largest absolute Gasteiger partial charge is 0.436 e. The van der Waals surface area contributed by atoms with Gasteiger partial charge in [-0.15, -0.1) is 0 Å². The van der Waals surface area contributed by atoms with Gasteiger partial charge >= 0.3 is 0 Å². The second-order valence-corrected chi connectivity index (χ2v) is 8.98. The standard InChI is InChI=1S/C25H26FN7O/c1-15-3-2-4-20(31-15)34-19-6-5-17(11-18(19)26)21-22-23(27)29-14-30-24(22)33-10-9-32(25(21)33)13-16-7-8-28-12-16/h2-6,11,14,16,28H,7-10,12-13H2,1H3,(H2,27,29,30)/t16-/m1/s1. The zero-order valence-corrected chi connectivity index (χ0v) is 19.0. The minimum atomic E-state index is -0.464. The number of ether oxygens (including phenoxy) is 1. The van der Waals surface area contributed by atoms with Crippen LogP contribution >= 0.6 is 0 Å². The molecule has 3 N–H and O–H groups in total. The zero-order chi connectivity index (χ0) is 23.2. The van der Waals surface area contributed by atoms with Crippen molar-refractivity contribution in [3.63, 3.8) is 0 Å². The number of benzene rings is 1. The van der Waals surface area contributed by atoms with Crippen LogP contribution in [0.15, 0.2) is 42.7 Å². The number of anilines is 2. The molecule has 0 spiro atoms. The van der Waals surface area contributed by atoms with Gasteiger partial charge in [0.05, 0.1) is 5.39 Å². The predicted octanol–water partition coefficient (Wildman–Crippen LogP) is 3.74. The fraction of sp³-hybridized carbons (Fsp3) is 0.320. The highest BCUT2D eigenvalue weighted by Crippen LogP contribution is 2.45. The van der Waals surface area contributed by atoms with E-state index < -0.39 is 5.82 Å². The van der Waals surface area contributed by atoms with E-state index in [0.29, 0.717) is 17.6 Å². The Morgan fingerprint density at radius 2 is 2.12 bits per heavy atom. The SMILES string of the molecule is Cc1cccc(Oc2ccc(-c3c4n(c5ncnc(N)c35)CCN4C[C@@H]3CCNC3)cc2F)n1. The van der Waals surface area contributed by atoms with E-state index in [-0.39, 0.29) is 5.75 Å². The molecule has 1 saturated heterocycles. The van der Waals surface area contributed by atoms with Crippen LogP contribution in [-0.2, 0) is 6.54 Å². The number of fused-ring (bicyclic) bond motifs is 3. The van der Waals surface area contributed by atoms with Crippen molar-refractivity contribution in [2.45, 2.75) is 19.9 Å². The topological polar surface area (TPSA) is 94.1 Å². The van der Waals surface area contributed by atoms with Gasteiger partial charge in [-0.05, 0) is 56.1 Å². The van der Waals surface area contributed by atoms with Gasteiger partial charge in [-0.1, -0.05) is 12.1 Å². The molecular weight excluding hydrogens is 433 g/mol. The number of nitrogen functional groups attached to an aromatic ring is 1. The van der Waals surface area contributed by atoms with Gasteiger partial charge in [-0.25, -0.2) is 19.3 Å². The van der Waals surface area contributed by atoms with E-state index in [2.05, 4.69) is 29.7 Å². The Morgan fingerprint density at radius 3 is 2.91 bits per heavy atom. The van der Waals surface area contributed by atoms with Gasteiger partial charge in [0.15, 0.2) is 11.6 Å². The lowest BCUT2D eigenvalue weighted by atomic mass is 10.0. The normalized spacial score (nSPS) is 17.5. The van der Waals surface area contributed by atoms with Crippen molar-refractivity contribution < 1.29 is 9.13 Å². The second-order valence-electron chi connectivity index (χ2n) is 8.98. The Labute approximate surface area is 196 Å². The van der Waals surface area contributed by atoms with Crippen LogP contribution in [0, 0.1) is 18.7 Å². The third-order valence-corrected chi connectivity index (χ3v) is 6.67. The summed E-state index contributed by atoms with van der Waals surface area (Å²) < 4.78 is 23.2. The molecule has 2 aliphatic rings. The van der Waals surface area contributed by atoms with Crippen molar-refractivity contribution in [2.75, 3.05) is 36.8 Å². The van der Waals surface area contributed by atoms with Crippen LogP contribution in [0.1, 0.15) is 12.1 Å². The average Bonchev–Trinajstić information content (AvgIpc) is 3.54. The summed E-state index contributed by atoms with van der Waals surface area (Å²) in [6.07, 6.45) is 2.65. The van der Waals surface area contributed by atoms with E-state index in [9.17, 15) is 0 Å². The van der Waals surface area contributed by atoms with E-state index in [1.165, 1.54) is 12.4 Å². The molecule has 2 aliphatic heterocycles.